The Morgan fingerprint density at radius 2 is 1.82 bits per heavy atom. The lowest BCUT2D eigenvalue weighted by atomic mass is 10.2. The maximum Gasteiger partial charge on any atom is 0.180 e. The molecule has 0 spiro atoms. The van der Waals surface area contributed by atoms with Crippen LogP contribution in [0, 0.1) is 0 Å². The minimum Gasteiger partial charge on any atom is -0.290 e. The first-order valence-corrected chi connectivity index (χ1v) is 6.25. The third-order valence-corrected chi connectivity index (χ3v) is 3.79. The molecule has 1 radical (unpaired) electrons. The van der Waals surface area contributed by atoms with E-state index in [1.54, 1.807) is 23.5 Å². The number of fused-ring (bicyclic) bond motifs is 1. The van der Waals surface area contributed by atoms with Crippen molar-refractivity contribution in [2.75, 3.05) is 0 Å². The zero-order valence-electron chi connectivity index (χ0n) is 8.68. The van der Waals surface area contributed by atoms with Gasteiger partial charge >= 0.3 is 0 Å². The van der Waals surface area contributed by atoms with Crippen molar-refractivity contribution < 1.29 is 5.11 Å². The molecule has 0 N–H and O–H groups in total. The van der Waals surface area contributed by atoms with Gasteiger partial charge in [-0.3, -0.25) is 5.11 Å². The van der Waals surface area contributed by atoms with Gasteiger partial charge in [-0.05, 0) is 24.3 Å². The number of hydrogen-bond acceptors (Lipinski definition) is 2. The fourth-order valence-electron chi connectivity index (χ4n) is 1.62. The Bertz CT molecular complexity index is 675. The van der Waals surface area contributed by atoms with Gasteiger partial charge in [0, 0.05) is 16.7 Å². The zero-order valence-corrected chi connectivity index (χ0v) is 10.3. The fraction of sp³-hybridized carbons (Fsp3) is 0. The summed E-state index contributed by atoms with van der Waals surface area (Å²) in [5.74, 6) is -0.00884. The standard InChI is InChI=1S/C13H7ClNOS/c14-9-3-1-8(2-4-9)13-15-11-7-10(16)5-6-12(11)17-13/h1-7H. The van der Waals surface area contributed by atoms with E-state index >= 15 is 0 Å². The van der Waals surface area contributed by atoms with Crippen molar-refractivity contribution in [3.05, 3.63) is 47.5 Å². The molecule has 0 aliphatic heterocycles. The Kier molecular flexibility index (Phi) is 2.50. The first-order chi connectivity index (χ1) is 8.22. The third-order valence-electron chi connectivity index (χ3n) is 2.45. The molecule has 0 saturated carbocycles. The lowest BCUT2D eigenvalue weighted by molar-refractivity contribution is 0.355. The van der Waals surface area contributed by atoms with Crippen molar-refractivity contribution in [1.82, 2.24) is 4.98 Å². The van der Waals surface area contributed by atoms with E-state index in [4.69, 9.17) is 11.6 Å². The molecule has 0 amide bonds. The summed E-state index contributed by atoms with van der Waals surface area (Å²) in [5.41, 5.74) is 1.77. The number of aromatic nitrogens is 1. The highest BCUT2D eigenvalue weighted by Gasteiger charge is 2.07. The molecule has 1 aromatic heterocycles. The van der Waals surface area contributed by atoms with Gasteiger partial charge in [0.2, 0.25) is 0 Å². The Morgan fingerprint density at radius 3 is 2.59 bits per heavy atom. The van der Waals surface area contributed by atoms with E-state index in [9.17, 15) is 5.11 Å². The van der Waals surface area contributed by atoms with E-state index in [0.717, 1.165) is 20.8 Å². The molecule has 0 bridgehead atoms. The van der Waals surface area contributed by atoms with Crippen LogP contribution in [0.4, 0.5) is 0 Å². The lowest BCUT2D eigenvalue weighted by Gasteiger charge is -1.94. The SMILES string of the molecule is [O]c1ccc2sc(-c3ccc(Cl)cc3)nc2c1. The molecule has 0 unspecified atom stereocenters. The van der Waals surface area contributed by atoms with Crippen molar-refractivity contribution in [1.29, 1.82) is 0 Å². The largest absolute Gasteiger partial charge is 0.290 e. The summed E-state index contributed by atoms with van der Waals surface area (Å²) in [4.78, 5) is 4.45. The van der Waals surface area contributed by atoms with Crippen LogP contribution in [-0.4, -0.2) is 4.98 Å². The van der Waals surface area contributed by atoms with Crippen molar-refractivity contribution in [3.8, 4) is 16.3 Å². The first kappa shape index (κ1) is 10.6. The quantitative estimate of drug-likeness (QED) is 0.621. The third kappa shape index (κ3) is 1.99. The number of rotatable bonds is 1. The second-order valence-electron chi connectivity index (χ2n) is 3.66. The smallest absolute Gasteiger partial charge is 0.180 e. The molecule has 0 fully saturated rings. The molecular weight excluding hydrogens is 254 g/mol. The Hall–Kier alpha value is -1.58. The van der Waals surface area contributed by atoms with E-state index in [1.807, 2.05) is 30.3 Å². The topological polar surface area (TPSA) is 32.8 Å². The number of benzene rings is 2. The van der Waals surface area contributed by atoms with Gasteiger partial charge in [-0.2, -0.15) is 0 Å². The normalized spacial score (nSPS) is 10.9. The summed E-state index contributed by atoms with van der Waals surface area (Å²) in [6, 6.07) is 12.5. The fourth-order valence-corrected chi connectivity index (χ4v) is 2.70. The van der Waals surface area contributed by atoms with Crippen molar-refractivity contribution in [2.24, 2.45) is 0 Å². The van der Waals surface area contributed by atoms with Gasteiger partial charge in [0.25, 0.3) is 0 Å². The summed E-state index contributed by atoms with van der Waals surface area (Å²) in [7, 11) is 0. The predicted molar refractivity (Wildman–Crippen MR) is 70.2 cm³/mol. The minimum absolute atomic E-state index is 0.00884. The summed E-state index contributed by atoms with van der Waals surface area (Å²) in [6.45, 7) is 0. The molecule has 2 nitrogen and oxygen atoms in total. The molecule has 0 atom stereocenters. The summed E-state index contributed by atoms with van der Waals surface area (Å²) in [5, 5.41) is 12.8. The Morgan fingerprint density at radius 1 is 1.06 bits per heavy atom. The second-order valence-corrected chi connectivity index (χ2v) is 5.12. The van der Waals surface area contributed by atoms with E-state index < -0.39 is 0 Å². The van der Waals surface area contributed by atoms with Crippen LogP contribution >= 0.6 is 22.9 Å². The minimum atomic E-state index is -0.00884. The molecule has 0 aliphatic carbocycles. The number of thiazole rings is 1. The van der Waals surface area contributed by atoms with Crippen LogP contribution in [0.5, 0.6) is 5.75 Å². The van der Waals surface area contributed by atoms with E-state index in [-0.39, 0.29) is 5.75 Å². The van der Waals surface area contributed by atoms with E-state index in [0.29, 0.717) is 5.02 Å². The maximum absolute atomic E-state index is 11.2. The Balaban J connectivity index is 2.14. The molecule has 17 heavy (non-hydrogen) atoms. The van der Waals surface area contributed by atoms with Crippen LogP contribution in [0.15, 0.2) is 42.5 Å². The number of hydrogen-bond donors (Lipinski definition) is 0. The molecule has 4 heteroatoms. The average Bonchev–Trinajstić information content (AvgIpc) is 2.72. The molecule has 3 aromatic rings. The van der Waals surface area contributed by atoms with Crippen molar-refractivity contribution in [2.45, 2.75) is 0 Å². The van der Waals surface area contributed by atoms with Gasteiger partial charge in [0.05, 0.1) is 10.2 Å². The van der Waals surface area contributed by atoms with Crippen LogP contribution in [0.3, 0.4) is 0 Å². The number of halogens is 1. The summed E-state index contributed by atoms with van der Waals surface area (Å²) in [6.07, 6.45) is 0. The van der Waals surface area contributed by atoms with Gasteiger partial charge in [-0.1, -0.05) is 23.7 Å². The van der Waals surface area contributed by atoms with Gasteiger partial charge in [-0.25, -0.2) is 4.98 Å². The molecule has 1 heterocycles. The summed E-state index contributed by atoms with van der Waals surface area (Å²) >= 11 is 7.41. The number of nitrogens with zero attached hydrogens (tertiary/aromatic N) is 1. The van der Waals surface area contributed by atoms with E-state index in [2.05, 4.69) is 4.98 Å². The molecule has 83 valence electrons. The van der Waals surface area contributed by atoms with Gasteiger partial charge in [-0.15, -0.1) is 11.3 Å². The second kappa shape index (κ2) is 4.02. The monoisotopic (exact) mass is 260 g/mol. The molecule has 2 aromatic carbocycles. The van der Waals surface area contributed by atoms with Crippen molar-refractivity contribution in [3.63, 3.8) is 0 Å². The van der Waals surface area contributed by atoms with E-state index in [1.165, 1.54) is 0 Å². The van der Waals surface area contributed by atoms with Gasteiger partial charge in [0.1, 0.15) is 5.01 Å². The highest BCUT2D eigenvalue weighted by atomic mass is 35.5. The molecule has 0 aliphatic rings. The first-order valence-electron chi connectivity index (χ1n) is 5.06. The molecule has 3 rings (SSSR count). The van der Waals surface area contributed by atoms with Crippen LogP contribution in [-0.2, 0) is 5.11 Å². The predicted octanol–water partition coefficient (Wildman–Crippen LogP) is 4.76. The van der Waals surface area contributed by atoms with Crippen molar-refractivity contribution >= 4 is 33.2 Å². The highest BCUT2D eigenvalue weighted by molar-refractivity contribution is 7.21. The lowest BCUT2D eigenvalue weighted by Crippen LogP contribution is -1.74. The van der Waals surface area contributed by atoms with Crippen LogP contribution in [0.25, 0.3) is 20.8 Å². The van der Waals surface area contributed by atoms with Crippen LogP contribution in [0.1, 0.15) is 0 Å². The molecular formula is C13H7ClNOS. The zero-order chi connectivity index (χ0) is 11.8. The highest BCUT2D eigenvalue weighted by Crippen LogP contribution is 2.32. The van der Waals surface area contributed by atoms with Gasteiger partial charge in [0.15, 0.2) is 5.75 Å². The van der Waals surface area contributed by atoms with Crippen LogP contribution in [0.2, 0.25) is 5.02 Å². The van der Waals surface area contributed by atoms with Gasteiger partial charge < -0.3 is 0 Å². The Labute approximate surface area is 107 Å². The molecule has 0 saturated heterocycles. The average molecular weight is 261 g/mol. The van der Waals surface area contributed by atoms with Crippen LogP contribution < -0.4 is 0 Å². The maximum atomic E-state index is 11.2. The summed E-state index contributed by atoms with van der Waals surface area (Å²) < 4.78 is 1.02.